The molecule has 1 aliphatic rings. The van der Waals surface area contributed by atoms with Crippen molar-refractivity contribution in [1.29, 1.82) is 0 Å². The van der Waals surface area contributed by atoms with Crippen LogP contribution < -0.4 is 0 Å². The van der Waals surface area contributed by atoms with Crippen LogP contribution >= 0.6 is 0 Å². The lowest BCUT2D eigenvalue weighted by Crippen LogP contribution is -2.53. The Balaban J connectivity index is 1.58. The summed E-state index contributed by atoms with van der Waals surface area (Å²) in [6.45, 7) is 7.96. The van der Waals surface area contributed by atoms with Gasteiger partial charge in [-0.15, -0.1) is 10.2 Å². The van der Waals surface area contributed by atoms with Gasteiger partial charge in [0.2, 0.25) is 11.8 Å². The van der Waals surface area contributed by atoms with Crippen LogP contribution in [0.1, 0.15) is 19.7 Å². The maximum absolute atomic E-state index is 13.0. The summed E-state index contributed by atoms with van der Waals surface area (Å²) in [6.07, 6.45) is -0.312. The minimum Gasteiger partial charge on any atom is -0.419 e. The topological polar surface area (TPSA) is 65.6 Å². The number of nitrogens with zero attached hydrogens (tertiary/aromatic N) is 4. The molecule has 130 valence electrons. The number of aromatic nitrogens is 2. The van der Waals surface area contributed by atoms with Crippen molar-refractivity contribution in [3.63, 3.8) is 0 Å². The lowest BCUT2D eigenvalue weighted by atomic mass is 10.1. The van der Waals surface area contributed by atoms with Gasteiger partial charge in [-0.25, -0.2) is 4.39 Å². The van der Waals surface area contributed by atoms with Gasteiger partial charge in [0.1, 0.15) is 5.82 Å². The van der Waals surface area contributed by atoms with E-state index in [1.165, 1.54) is 12.1 Å². The average Bonchev–Trinajstić information content (AvgIpc) is 2.99. The van der Waals surface area contributed by atoms with Crippen molar-refractivity contribution in [2.45, 2.75) is 32.5 Å². The summed E-state index contributed by atoms with van der Waals surface area (Å²) in [5.41, 5.74) is 0.713. The number of piperazine rings is 1. The van der Waals surface area contributed by atoms with Crippen LogP contribution in [0.3, 0.4) is 0 Å². The summed E-state index contributed by atoms with van der Waals surface area (Å²) >= 11 is 0. The molecule has 0 bridgehead atoms. The van der Waals surface area contributed by atoms with E-state index >= 15 is 0 Å². The molecular formula is C17H23FN4O2. The highest BCUT2D eigenvalue weighted by molar-refractivity contribution is 5.51. The molecule has 3 rings (SSSR count). The predicted molar refractivity (Wildman–Crippen MR) is 87.7 cm³/mol. The van der Waals surface area contributed by atoms with Gasteiger partial charge in [0.05, 0.1) is 12.6 Å². The molecule has 2 aromatic rings. The SMILES string of the molecule is C[C@H](O)CN1CCN(Cc2nnc(-c3ccc(F)cc3)o2)C[C@@H]1C. The van der Waals surface area contributed by atoms with Crippen LogP contribution in [-0.4, -0.2) is 63.4 Å². The number of hydrogen-bond donors (Lipinski definition) is 1. The van der Waals surface area contributed by atoms with Gasteiger partial charge in [-0.1, -0.05) is 0 Å². The molecule has 1 aliphatic heterocycles. The van der Waals surface area contributed by atoms with Crippen molar-refractivity contribution in [3.05, 3.63) is 36.0 Å². The molecule has 0 aliphatic carbocycles. The molecule has 7 heteroatoms. The summed E-state index contributed by atoms with van der Waals surface area (Å²) in [5, 5.41) is 17.7. The monoisotopic (exact) mass is 334 g/mol. The molecule has 6 nitrogen and oxygen atoms in total. The highest BCUT2D eigenvalue weighted by Crippen LogP contribution is 2.19. The number of aliphatic hydroxyl groups is 1. The normalized spacial score (nSPS) is 21.1. The largest absolute Gasteiger partial charge is 0.419 e. The van der Waals surface area contributed by atoms with E-state index in [1.807, 2.05) is 6.92 Å². The predicted octanol–water partition coefficient (Wildman–Crippen LogP) is 1.76. The summed E-state index contributed by atoms with van der Waals surface area (Å²) in [4.78, 5) is 4.56. The van der Waals surface area contributed by atoms with Crippen molar-refractivity contribution in [2.75, 3.05) is 26.2 Å². The molecule has 0 spiro atoms. The van der Waals surface area contributed by atoms with Crippen molar-refractivity contribution in [3.8, 4) is 11.5 Å². The van der Waals surface area contributed by atoms with Gasteiger partial charge in [-0.3, -0.25) is 9.80 Å². The number of hydrogen-bond acceptors (Lipinski definition) is 6. The molecule has 1 saturated heterocycles. The summed E-state index contributed by atoms with van der Waals surface area (Å²) in [7, 11) is 0. The summed E-state index contributed by atoms with van der Waals surface area (Å²) in [5.74, 6) is 0.679. The van der Waals surface area contributed by atoms with E-state index in [9.17, 15) is 9.50 Å². The second-order valence-electron chi connectivity index (χ2n) is 6.44. The molecule has 0 radical (unpaired) electrons. The first-order valence-corrected chi connectivity index (χ1v) is 8.24. The third-order valence-corrected chi connectivity index (χ3v) is 4.26. The third kappa shape index (κ3) is 4.17. The quantitative estimate of drug-likeness (QED) is 0.899. The van der Waals surface area contributed by atoms with Gasteiger partial charge in [-0.05, 0) is 38.1 Å². The van der Waals surface area contributed by atoms with Crippen molar-refractivity contribution in [1.82, 2.24) is 20.0 Å². The van der Waals surface area contributed by atoms with Crippen LogP contribution in [0.5, 0.6) is 0 Å². The lowest BCUT2D eigenvalue weighted by molar-refractivity contribution is 0.0393. The first-order valence-electron chi connectivity index (χ1n) is 8.24. The van der Waals surface area contributed by atoms with E-state index in [-0.39, 0.29) is 11.9 Å². The molecule has 1 fully saturated rings. The maximum atomic E-state index is 13.0. The Morgan fingerprint density at radius 2 is 2.04 bits per heavy atom. The van der Waals surface area contributed by atoms with Crippen LogP contribution in [0, 0.1) is 5.82 Å². The number of halogens is 1. The molecule has 1 aromatic carbocycles. The molecule has 0 amide bonds. The average molecular weight is 334 g/mol. The van der Waals surface area contributed by atoms with Crippen LogP contribution in [0.15, 0.2) is 28.7 Å². The standard InChI is InChI=1S/C17H23FN4O2/c1-12-9-21(7-8-22(12)10-13(2)23)11-16-19-20-17(24-16)14-3-5-15(18)6-4-14/h3-6,12-13,23H,7-11H2,1-2H3/t12-,13-/m0/s1. The van der Waals surface area contributed by atoms with E-state index in [0.717, 1.165) is 19.6 Å². The van der Waals surface area contributed by atoms with Gasteiger partial charge >= 0.3 is 0 Å². The number of benzene rings is 1. The zero-order chi connectivity index (χ0) is 17.1. The van der Waals surface area contributed by atoms with Crippen molar-refractivity contribution < 1.29 is 13.9 Å². The van der Waals surface area contributed by atoms with Crippen LogP contribution in [0.4, 0.5) is 4.39 Å². The van der Waals surface area contributed by atoms with E-state index in [2.05, 4.69) is 26.9 Å². The molecule has 24 heavy (non-hydrogen) atoms. The second-order valence-corrected chi connectivity index (χ2v) is 6.44. The van der Waals surface area contributed by atoms with Crippen molar-refractivity contribution >= 4 is 0 Å². The van der Waals surface area contributed by atoms with E-state index in [1.54, 1.807) is 12.1 Å². The number of aliphatic hydroxyl groups excluding tert-OH is 1. The minimum atomic E-state index is -0.312. The summed E-state index contributed by atoms with van der Waals surface area (Å²) < 4.78 is 18.7. The van der Waals surface area contributed by atoms with Gasteiger partial charge < -0.3 is 9.52 Å². The van der Waals surface area contributed by atoms with Crippen molar-refractivity contribution in [2.24, 2.45) is 0 Å². The first kappa shape index (κ1) is 17.0. The Morgan fingerprint density at radius 1 is 1.29 bits per heavy atom. The second kappa shape index (κ2) is 7.38. The smallest absolute Gasteiger partial charge is 0.247 e. The first-order chi connectivity index (χ1) is 11.5. The Kier molecular flexibility index (Phi) is 5.23. The van der Waals surface area contributed by atoms with Gasteiger partial charge in [0.15, 0.2) is 0 Å². The fraction of sp³-hybridized carbons (Fsp3) is 0.529. The van der Waals surface area contributed by atoms with E-state index in [0.29, 0.717) is 36.5 Å². The maximum Gasteiger partial charge on any atom is 0.247 e. The van der Waals surface area contributed by atoms with E-state index < -0.39 is 0 Å². The minimum absolute atomic E-state index is 0.289. The Hall–Kier alpha value is -1.83. The van der Waals surface area contributed by atoms with E-state index in [4.69, 9.17) is 4.42 Å². The van der Waals surface area contributed by atoms with Crippen LogP contribution in [-0.2, 0) is 6.54 Å². The summed E-state index contributed by atoms with van der Waals surface area (Å²) in [6, 6.07) is 6.38. The third-order valence-electron chi connectivity index (χ3n) is 4.26. The molecule has 0 unspecified atom stereocenters. The lowest BCUT2D eigenvalue weighted by Gasteiger charge is -2.39. The number of rotatable bonds is 5. The van der Waals surface area contributed by atoms with Crippen LogP contribution in [0.2, 0.25) is 0 Å². The van der Waals surface area contributed by atoms with Crippen LogP contribution in [0.25, 0.3) is 11.5 Å². The molecular weight excluding hydrogens is 311 g/mol. The number of β-amino-alcohol motifs (C(OH)–C–C–N with tert-alkyl or cyclic N) is 1. The zero-order valence-electron chi connectivity index (χ0n) is 14.0. The Morgan fingerprint density at radius 3 is 2.71 bits per heavy atom. The highest BCUT2D eigenvalue weighted by atomic mass is 19.1. The Bertz CT molecular complexity index is 659. The molecule has 2 atom stereocenters. The zero-order valence-corrected chi connectivity index (χ0v) is 14.0. The van der Waals surface area contributed by atoms with Gasteiger partial charge in [0.25, 0.3) is 0 Å². The highest BCUT2D eigenvalue weighted by Gasteiger charge is 2.25. The van der Waals surface area contributed by atoms with Gasteiger partial charge in [0, 0.05) is 37.8 Å². The molecule has 1 N–H and O–H groups in total. The van der Waals surface area contributed by atoms with Gasteiger partial charge in [-0.2, -0.15) is 0 Å². The molecule has 0 saturated carbocycles. The molecule has 2 heterocycles. The molecule has 1 aromatic heterocycles. The fourth-order valence-corrected chi connectivity index (χ4v) is 3.04. The fourth-order valence-electron chi connectivity index (χ4n) is 3.04. The Labute approximate surface area is 140 Å².